The highest BCUT2D eigenvalue weighted by molar-refractivity contribution is 7.99. The summed E-state index contributed by atoms with van der Waals surface area (Å²) in [5.41, 5.74) is 6.98. The van der Waals surface area contributed by atoms with Crippen LogP contribution in [0.5, 0.6) is 0 Å². The van der Waals surface area contributed by atoms with Crippen molar-refractivity contribution in [1.29, 1.82) is 0 Å². The van der Waals surface area contributed by atoms with Gasteiger partial charge in [-0.05, 0) is 64.1 Å². The highest BCUT2D eigenvalue weighted by atomic mass is 32.2. The number of aromatic nitrogens is 1. The van der Waals surface area contributed by atoms with Crippen LogP contribution in [0, 0.1) is 0 Å². The van der Waals surface area contributed by atoms with E-state index in [2.05, 4.69) is 56.5 Å². The van der Waals surface area contributed by atoms with Gasteiger partial charge in [0, 0.05) is 32.5 Å². The molecule has 1 aliphatic rings. The molecule has 0 saturated heterocycles. The van der Waals surface area contributed by atoms with Gasteiger partial charge in [0.05, 0.1) is 11.1 Å². The van der Waals surface area contributed by atoms with Crippen molar-refractivity contribution in [3.8, 4) is 11.3 Å². The molecule has 4 heteroatoms. The molecular formula is C25H21NOS2. The van der Waals surface area contributed by atoms with Crippen LogP contribution in [0.3, 0.4) is 0 Å². The van der Waals surface area contributed by atoms with Crippen molar-refractivity contribution in [2.75, 3.05) is 5.75 Å². The molecule has 0 N–H and O–H groups in total. The van der Waals surface area contributed by atoms with E-state index in [9.17, 15) is 0 Å². The monoisotopic (exact) mass is 415 g/mol. The summed E-state index contributed by atoms with van der Waals surface area (Å²) in [6, 6.07) is 13.2. The van der Waals surface area contributed by atoms with E-state index in [4.69, 9.17) is 9.40 Å². The van der Waals surface area contributed by atoms with Gasteiger partial charge in [0.1, 0.15) is 11.2 Å². The van der Waals surface area contributed by atoms with Gasteiger partial charge in [-0.3, -0.25) is 4.98 Å². The molecular weight excluding hydrogens is 394 g/mol. The molecule has 0 atom stereocenters. The number of nitrogens with zero attached hydrogens (tertiary/aromatic N) is 1. The van der Waals surface area contributed by atoms with E-state index in [1.54, 1.807) is 0 Å². The van der Waals surface area contributed by atoms with Crippen LogP contribution in [0.4, 0.5) is 0 Å². The summed E-state index contributed by atoms with van der Waals surface area (Å²) >= 11 is 3.77. The Kier molecular flexibility index (Phi) is 3.69. The Morgan fingerprint density at radius 1 is 1.00 bits per heavy atom. The van der Waals surface area contributed by atoms with Crippen LogP contribution >= 0.6 is 23.1 Å². The third-order valence-corrected chi connectivity index (χ3v) is 7.96. The first-order chi connectivity index (χ1) is 14.0. The predicted octanol–water partition coefficient (Wildman–Crippen LogP) is 7.81. The number of hydrogen-bond donors (Lipinski definition) is 0. The lowest BCUT2D eigenvalue weighted by atomic mass is 9.84. The normalized spacial score (nSPS) is 14.3. The van der Waals surface area contributed by atoms with Gasteiger partial charge >= 0.3 is 0 Å². The van der Waals surface area contributed by atoms with Crippen molar-refractivity contribution >= 4 is 55.1 Å². The molecule has 0 bridgehead atoms. The van der Waals surface area contributed by atoms with Crippen LogP contribution in [0.25, 0.3) is 43.3 Å². The van der Waals surface area contributed by atoms with E-state index in [1.807, 2.05) is 35.4 Å². The van der Waals surface area contributed by atoms with E-state index in [-0.39, 0.29) is 5.41 Å². The van der Waals surface area contributed by atoms with Crippen molar-refractivity contribution in [3.05, 3.63) is 59.1 Å². The minimum Gasteiger partial charge on any atom is -0.456 e. The Morgan fingerprint density at radius 2 is 1.86 bits per heavy atom. The van der Waals surface area contributed by atoms with Crippen molar-refractivity contribution in [2.45, 2.75) is 37.5 Å². The number of aryl methyl sites for hydroxylation is 1. The summed E-state index contributed by atoms with van der Waals surface area (Å²) in [7, 11) is 0. The first kappa shape index (κ1) is 17.5. The largest absolute Gasteiger partial charge is 0.456 e. The lowest BCUT2D eigenvalue weighted by Gasteiger charge is -2.21. The molecule has 2 nitrogen and oxygen atoms in total. The molecule has 3 aromatic heterocycles. The quantitative estimate of drug-likeness (QED) is 0.279. The number of pyridine rings is 1. The molecule has 6 rings (SSSR count). The molecule has 0 spiro atoms. The van der Waals surface area contributed by atoms with E-state index in [0.29, 0.717) is 0 Å². The van der Waals surface area contributed by atoms with Crippen LogP contribution in [0.1, 0.15) is 31.9 Å². The number of hydrogen-bond acceptors (Lipinski definition) is 4. The highest BCUT2D eigenvalue weighted by Gasteiger charge is 2.24. The molecule has 2 aromatic carbocycles. The number of thiophene rings is 1. The Labute approximate surface area is 177 Å². The van der Waals surface area contributed by atoms with Gasteiger partial charge < -0.3 is 4.42 Å². The third-order valence-electron chi connectivity index (χ3n) is 5.83. The second-order valence-electron chi connectivity index (χ2n) is 8.77. The van der Waals surface area contributed by atoms with Crippen molar-refractivity contribution < 1.29 is 4.42 Å². The van der Waals surface area contributed by atoms with Crippen LogP contribution in [-0.4, -0.2) is 10.7 Å². The summed E-state index contributed by atoms with van der Waals surface area (Å²) in [6.45, 7) is 6.86. The summed E-state index contributed by atoms with van der Waals surface area (Å²) in [6.07, 6.45) is 3.01. The van der Waals surface area contributed by atoms with Gasteiger partial charge in [0.2, 0.25) is 0 Å². The summed E-state index contributed by atoms with van der Waals surface area (Å²) < 4.78 is 7.64. The van der Waals surface area contributed by atoms with Gasteiger partial charge in [0.15, 0.2) is 0 Å². The highest BCUT2D eigenvalue weighted by Crippen LogP contribution is 2.45. The molecule has 0 amide bonds. The molecule has 0 radical (unpaired) electrons. The fourth-order valence-electron chi connectivity index (χ4n) is 4.44. The second-order valence-corrected chi connectivity index (χ2v) is 10.8. The molecule has 29 heavy (non-hydrogen) atoms. The van der Waals surface area contributed by atoms with Crippen LogP contribution < -0.4 is 0 Å². The number of rotatable bonds is 1. The Bertz CT molecular complexity index is 1420. The average molecular weight is 416 g/mol. The van der Waals surface area contributed by atoms with Gasteiger partial charge in [0.25, 0.3) is 0 Å². The first-order valence-corrected chi connectivity index (χ1v) is 11.9. The molecule has 0 unspecified atom stereocenters. The summed E-state index contributed by atoms with van der Waals surface area (Å²) in [5, 5.41) is 5.88. The standard InChI is InChI=1S/C25H21NOS2/c1-25(2,3)17-13-16(12-15-8-11-28-23(15)17)22-20-19(6-9-26-22)27-18-5-4-14-7-10-29-24(14)21(18)20/h4-6,8-9,11-13H,7,10H2,1-3H3. The number of fused-ring (bicyclic) bond motifs is 6. The fourth-order valence-corrected chi connectivity index (χ4v) is 6.77. The number of benzene rings is 2. The zero-order valence-corrected chi connectivity index (χ0v) is 18.3. The fraction of sp³-hybridized carbons (Fsp3) is 0.240. The van der Waals surface area contributed by atoms with E-state index in [0.717, 1.165) is 34.4 Å². The topological polar surface area (TPSA) is 26.0 Å². The Hall–Kier alpha value is -2.30. The Morgan fingerprint density at radius 3 is 2.72 bits per heavy atom. The van der Waals surface area contributed by atoms with Crippen molar-refractivity contribution in [1.82, 2.24) is 4.98 Å². The minimum absolute atomic E-state index is 0.0720. The maximum Gasteiger partial charge on any atom is 0.139 e. The SMILES string of the molecule is CC(C)(C)c1cc(-c2nccc3oc4ccc5c(c4c23)SCC5)cc2ccsc12. The number of furan rings is 1. The molecule has 0 fully saturated rings. The van der Waals surface area contributed by atoms with E-state index in [1.165, 1.54) is 37.1 Å². The summed E-state index contributed by atoms with van der Waals surface area (Å²) in [5.74, 6) is 1.14. The molecule has 1 aliphatic heterocycles. The number of thioether (sulfide) groups is 1. The lowest BCUT2D eigenvalue weighted by Crippen LogP contribution is -2.11. The smallest absolute Gasteiger partial charge is 0.139 e. The van der Waals surface area contributed by atoms with Crippen LogP contribution in [-0.2, 0) is 11.8 Å². The minimum atomic E-state index is 0.0720. The van der Waals surface area contributed by atoms with Crippen molar-refractivity contribution in [3.63, 3.8) is 0 Å². The second kappa shape index (κ2) is 6.10. The average Bonchev–Trinajstić information content (AvgIpc) is 3.41. The van der Waals surface area contributed by atoms with Gasteiger partial charge in [-0.2, -0.15) is 0 Å². The molecule has 0 saturated carbocycles. The lowest BCUT2D eigenvalue weighted by molar-refractivity contribution is 0.597. The molecule has 5 aromatic rings. The molecule has 4 heterocycles. The zero-order chi connectivity index (χ0) is 19.8. The maximum absolute atomic E-state index is 6.26. The van der Waals surface area contributed by atoms with Crippen LogP contribution in [0.15, 0.2) is 57.3 Å². The van der Waals surface area contributed by atoms with Gasteiger partial charge in [-0.1, -0.05) is 26.8 Å². The first-order valence-electron chi connectivity index (χ1n) is 9.99. The van der Waals surface area contributed by atoms with Crippen LogP contribution in [0.2, 0.25) is 0 Å². The molecule has 0 aliphatic carbocycles. The van der Waals surface area contributed by atoms with E-state index < -0.39 is 0 Å². The van der Waals surface area contributed by atoms with E-state index >= 15 is 0 Å². The van der Waals surface area contributed by atoms with Crippen molar-refractivity contribution in [2.24, 2.45) is 0 Å². The zero-order valence-electron chi connectivity index (χ0n) is 16.7. The van der Waals surface area contributed by atoms with Gasteiger partial charge in [-0.15, -0.1) is 23.1 Å². The predicted molar refractivity (Wildman–Crippen MR) is 125 cm³/mol. The van der Waals surface area contributed by atoms with Gasteiger partial charge in [-0.25, -0.2) is 0 Å². The maximum atomic E-state index is 6.26. The molecule has 144 valence electrons. The third kappa shape index (κ3) is 2.59. The summed E-state index contributed by atoms with van der Waals surface area (Å²) in [4.78, 5) is 6.25. The Balaban J connectivity index is 1.73.